The number of rotatable bonds is 5. The molecule has 100 valence electrons. The molecule has 0 radical (unpaired) electrons. The Hall–Kier alpha value is -1.55. The van der Waals surface area contributed by atoms with Gasteiger partial charge in [-0.2, -0.15) is 0 Å². The van der Waals surface area contributed by atoms with Crippen LogP contribution < -0.4 is 4.74 Å². The van der Waals surface area contributed by atoms with E-state index in [1.54, 1.807) is 7.11 Å². The van der Waals surface area contributed by atoms with E-state index >= 15 is 0 Å². The topological polar surface area (TPSA) is 39.9 Å². The van der Waals surface area contributed by atoms with Crippen LogP contribution in [-0.4, -0.2) is 21.9 Å². The van der Waals surface area contributed by atoms with Gasteiger partial charge in [-0.1, -0.05) is 18.2 Å². The molecule has 0 aliphatic heterocycles. The number of ether oxygens (including phenoxy) is 1. The van der Waals surface area contributed by atoms with Crippen molar-refractivity contribution >= 4 is 11.6 Å². The first-order chi connectivity index (χ1) is 9.29. The van der Waals surface area contributed by atoms with Crippen LogP contribution in [0.3, 0.4) is 0 Å². The minimum absolute atomic E-state index is 0.483. The third-order valence-corrected chi connectivity index (χ3v) is 3.75. The maximum Gasteiger partial charge on any atom is 0.225 e. The zero-order valence-corrected chi connectivity index (χ0v) is 11.6. The molecule has 0 saturated heterocycles. The maximum absolute atomic E-state index is 6.11. The van der Waals surface area contributed by atoms with Gasteiger partial charge in [0.25, 0.3) is 0 Å². The fourth-order valence-corrected chi connectivity index (χ4v) is 2.50. The molecule has 1 fully saturated rings. The van der Waals surface area contributed by atoms with Crippen LogP contribution >= 0.6 is 11.6 Å². The Bertz CT molecular complexity index is 578. The summed E-state index contributed by atoms with van der Waals surface area (Å²) in [6.07, 6.45) is 3.26. The van der Waals surface area contributed by atoms with E-state index in [2.05, 4.69) is 16.3 Å². The van der Waals surface area contributed by atoms with Crippen molar-refractivity contribution in [2.75, 3.05) is 7.11 Å². The Morgan fingerprint density at radius 3 is 2.84 bits per heavy atom. The molecule has 1 heterocycles. The monoisotopic (exact) mass is 277 g/mol. The molecule has 19 heavy (non-hydrogen) atoms. The number of aromatic nitrogens is 3. The fraction of sp³-hybridized carbons (Fsp3) is 0.429. The van der Waals surface area contributed by atoms with E-state index in [9.17, 15) is 0 Å². The molecule has 1 aliphatic rings. The predicted molar refractivity (Wildman–Crippen MR) is 73.7 cm³/mol. The molecular formula is C14H16ClN3O. The predicted octanol–water partition coefficient (Wildman–Crippen LogP) is 3.06. The highest BCUT2D eigenvalue weighted by Gasteiger charge is 2.29. The summed E-state index contributed by atoms with van der Waals surface area (Å²) < 4.78 is 7.38. The molecule has 2 aromatic rings. The first-order valence-corrected chi connectivity index (χ1v) is 6.88. The second-order valence-electron chi connectivity index (χ2n) is 4.81. The Balaban J connectivity index is 1.77. The van der Waals surface area contributed by atoms with Gasteiger partial charge in [-0.25, -0.2) is 0 Å². The number of aryl methyl sites for hydroxylation is 1. The zero-order valence-electron chi connectivity index (χ0n) is 10.8. The highest BCUT2D eigenvalue weighted by atomic mass is 35.5. The average Bonchev–Trinajstić information content (AvgIpc) is 3.21. The molecule has 0 atom stereocenters. The lowest BCUT2D eigenvalue weighted by Gasteiger charge is -2.10. The molecule has 0 bridgehead atoms. The van der Waals surface area contributed by atoms with Crippen LogP contribution in [0.15, 0.2) is 24.3 Å². The standard InChI is InChI=1S/C14H16ClN3O/c1-19-12-5-3-2-4-10(12)8-9-18-13(11-6-7-11)16-17-14(18)15/h2-5,11H,6-9H2,1H3. The Morgan fingerprint density at radius 2 is 2.11 bits per heavy atom. The van der Waals surface area contributed by atoms with Crippen molar-refractivity contribution in [3.8, 4) is 5.75 Å². The highest BCUT2D eigenvalue weighted by molar-refractivity contribution is 6.28. The summed E-state index contributed by atoms with van der Waals surface area (Å²) in [7, 11) is 1.69. The minimum atomic E-state index is 0.483. The lowest BCUT2D eigenvalue weighted by molar-refractivity contribution is 0.408. The van der Waals surface area contributed by atoms with Crippen molar-refractivity contribution in [1.82, 2.24) is 14.8 Å². The number of nitrogens with zero attached hydrogens (tertiary/aromatic N) is 3. The van der Waals surface area contributed by atoms with Crippen LogP contribution in [0.4, 0.5) is 0 Å². The van der Waals surface area contributed by atoms with Crippen molar-refractivity contribution in [3.63, 3.8) is 0 Å². The maximum atomic E-state index is 6.11. The fourth-order valence-electron chi connectivity index (χ4n) is 2.29. The van der Waals surface area contributed by atoms with Crippen molar-refractivity contribution in [2.45, 2.75) is 31.7 Å². The molecule has 1 saturated carbocycles. The molecule has 4 nitrogen and oxygen atoms in total. The average molecular weight is 278 g/mol. The van der Waals surface area contributed by atoms with Crippen LogP contribution in [-0.2, 0) is 13.0 Å². The first-order valence-electron chi connectivity index (χ1n) is 6.50. The van der Waals surface area contributed by atoms with E-state index in [0.717, 1.165) is 24.5 Å². The van der Waals surface area contributed by atoms with E-state index in [1.165, 1.54) is 18.4 Å². The lowest BCUT2D eigenvalue weighted by Crippen LogP contribution is -2.06. The molecule has 0 N–H and O–H groups in total. The molecule has 5 heteroatoms. The van der Waals surface area contributed by atoms with Crippen LogP contribution in [0.5, 0.6) is 5.75 Å². The molecular weight excluding hydrogens is 262 g/mol. The van der Waals surface area contributed by atoms with Gasteiger partial charge in [0, 0.05) is 12.5 Å². The van der Waals surface area contributed by atoms with Gasteiger partial charge in [-0.15, -0.1) is 10.2 Å². The molecule has 1 aliphatic carbocycles. The van der Waals surface area contributed by atoms with Gasteiger partial charge in [0.2, 0.25) is 5.28 Å². The van der Waals surface area contributed by atoms with Crippen LogP contribution in [0.1, 0.15) is 30.1 Å². The third-order valence-electron chi connectivity index (χ3n) is 3.47. The number of hydrogen-bond acceptors (Lipinski definition) is 3. The van der Waals surface area contributed by atoms with Crippen LogP contribution in [0.25, 0.3) is 0 Å². The van der Waals surface area contributed by atoms with Gasteiger partial charge < -0.3 is 9.30 Å². The number of hydrogen-bond donors (Lipinski definition) is 0. The van der Waals surface area contributed by atoms with Gasteiger partial charge in [-0.05, 0) is 42.5 Å². The van der Waals surface area contributed by atoms with Crippen LogP contribution in [0.2, 0.25) is 5.28 Å². The second-order valence-corrected chi connectivity index (χ2v) is 5.15. The van der Waals surface area contributed by atoms with Gasteiger partial charge in [0.1, 0.15) is 11.6 Å². The Kier molecular flexibility index (Phi) is 3.42. The van der Waals surface area contributed by atoms with Crippen molar-refractivity contribution in [3.05, 3.63) is 40.9 Å². The van der Waals surface area contributed by atoms with Crippen LogP contribution in [0, 0.1) is 0 Å². The summed E-state index contributed by atoms with van der Waals surface area (Å²) in [6, 6.07) is 8.05. The van der Waals surface area contributed by atoms with Crippen molar-refractivity contribution < 1.29 is 4.74 Å². The molecule has 0 amide bonds. The van der Waals surface area contributed by atoms with Gasteiger partial charge in [0.15, 0.2) is 0 Å². The minimum Gasteiger partial charge on any atom is -0.496 e. The van der Waals surface area contributed by atoms with E-state index in [-0.39, 0.29) is 0 Å². The van der Waals surface area contributed by atoms with Crippen molar-refractivity contribution in [1.29, 1.82) is 0 Å². The van der Waals surface area contributed by atoms with E-state index in [0.29, 0.717) is 11.2 Å². The van der Waals surface area contributed by atoms with Crippen molar-refractivity contribution in [2.24, 2.45) is 0 Å². The molecule has 0 spiro atoms. The summed E-state index contributed by atoms with van der Waals surface area (Å²) in [5, 5.41) is 8.65. The second kappa shape index (κ2) is 5.21. The Morgan fingerprint density at radius 1 is 1.32 bits per heavy atom. The van der Waals surface area contributed by atoms with Gasteiger partial charge in [-0.3, -0.25) is 0 Å². The van der Waals surface area contributed by atoms with E-state index in [1.807, 2.05) is 22.8 Å². The zero-order chi connectivity index (χ0) is 13.2. The summed E-state index contributed by atoms with van der Waals surface area (Å²) in [4.78, 5) is 0. The smallest absolute Gasteiger partial charge is 0.225 e. The van der Waals surface area contributed by atoms with Gasteiger partial charge >= 0.3 is 0 Å². The number of para-hydroxylation sites is 1. The number of halogens is 1. The summed E-state index contributed by atoms with van der Waals surface area (Å²) in [6.45, 7) is 0.790. The third kappa shape index (κ3) is 2.59. The van der Waals surface area contributed by atoms with E-state index in [4.69, 9.17) is 16.3 Å². The SMILES string of the molecule is COc1ccccc1CCn1c(Cl)nnc1C1CC1. The molecule has 3 rings (SSSR count). The summed E-state index contributed by atoms with van der Waals surface area (Å²) >= 11 is 6.11. The molecule has 0 unspecified atom stereocenters. The normalized spacial score (nSPS) is 14.6. The number of benzene rings is 1. The summed E-state index contributed by atoms with van der Waals surface area (Å²) in [5.74, 6) is 2.50. The lowest BCUT2D eigenvalue weighted by atomic mass is 10.1. The number of methoxy groups -OCH3 is 1. The molecule has 1 aromatic carbocycles. The first kappa shape index (κ1) is 12.5. The molecule has 1 aromatic heterocycles. The largest absolute Gasteiger partial charge is 0.496 e. The highest BCUT2D eigenvalue weighted by Crippen LogP contribution is 2.39. The van der Waals surface area contributed by atoms with E-state index < -0.39 is 0 Å². The summed E-state index contributed by atoms with van der Waals surface area (Å²) in [5.41, 5.74) is 1.18. The van der Waals surface area contributed by atoms with Gasteiger partial charge in [0.05, 0.1) is 7.11 Å². The quantitative estimate of drug-likeness (QED) is 0.843. The Labute approximate surface area is 117 Å².